The van der Waals surface area contributed by atoms with Crippen LogP contribution in [0.3, 0.4) is 0 Å². The number of hydrogen-bond donors (Lipinski definition) is 0. The van der Waals surface area contributed by atoms with Gasteiger partial charge in [-0.05, 0) is 64.2 Å². The summed E-state index contributed by atoms with van der Waals surface area (Å²) in [5, 5.41) is 0. The Labute approximate surface area is 327 Å². The molecular formula is C46H98N2S2+2. The van der Waals surface area contributed by atoms with Crippen LogP contribution < -0.4 is 0 Å². The fourth-order valence-electron chi connectivity index (χ4n) is 7.57. The molecule has 0 unspecified atom stereocenters. The molecule has 0 bridgehead atoms. The van der Waals surface area contributed by atoms with Gasteiger partial charge in [0.1, 0.15) is 0 Å². The largest absolute Gasteiger partial charge is 0.328 e. The predicted molar refractivity (Wildman–Crippen MR) is 237 cm³/mol. The van der Waals surface area contributed by atoms with Crippen molar-refractivity contribution in [3.05, 3.63) is 0 Å². The molecule has 0 aromatic rings. The average molecular weight is 743 g/mol. The standard InChI is InChI=1S/C46H98N2S2/c1-7-9-11-13-15-23-29-35-41-47(3,4)43-37-31-25-19-17-21-27-33-39-45-49-50-46-40-34-28-22-18-20-26-32-38-44-48(5,6)42-36-30-24-16-14-12-10-8-2/h7-46H2,1-6H3/q+2. The molecule has 0 aliphatic carbocycles. The number of quaternary nitrogens is 2. The Hall–Kier alpha value is 0.620. The number of nitrogens with zero attached hydrogens (tertiary/aromatic N) is 2. The molecule has 0 fully saturated rings. The summed E-state index contributed by atoms with van der Waals surface area (Å²) in [7, 11) is 14.1. The van der Waals surface area contributed by atoms with E-state index in [1.165, 1.54) is 265 Å². The molecule has 0 N–H and O–H groups in total. The van der Waals surface area contributed by atoms with E-state index < -0.39 is 0 Å². The van der Waals surface area contributed by atoms with E-state index in [4.69, 9.17) is 0 Å². The highest BCUT2D eigenvalue weighted by Crippen LogP contribution is 2.25. The van der Waals surface area contributed by atoms with E-state index >= 15 is 0 Å². The molecule has 0 rings (SSSR count). The first-order chi connectivity index (χ1) is 24.3. The maximum absolute atomic E-state index is 2.46. The molecule has 2 nitrogen and oxygen atoms in total. The normalized spacial score (nSPS) is 12.4. The van der Waals surface area contributed by atoms with Crippen molar-refractivity contribution < 1.29 is 8.97 Å². The summed E-state index contributed by atoms with van der Waals surface area (Å²) >= 11 is 0. The van der Waals surface area contributed by atoms with Gasteiger partial charge in [0.2, 0.25) is 0 Å². The summed E-state index contributed by atoms with van der Waals surface area (Å²) < 4.78 is 2.48. The van der Waals surface area contributed by atoms with Gasteiger partial charge in [0, 0.05) is 11.5 Å². The molecular weight excluding hydrogens is 645 g/mol. The van der Waals surface area contributed by atoms with Gasteiger partial charge >= 0.3 is 0 Å². The third kappa shape index (κ3) is 41.4. The molecule has 0 aliphatic rings. The van der Waals surface area contributed by atoms with Crippen LogP contribution in [-0.2, 0) is 0 Å². The first kappa shape index (κ1) is 50.6. The van der Waals surface area contributed by atoms with Crippen molar-refractivity contribution >= 4 is 21.6 Å². The van der Waals surface area contributed by atoms with Crippen LogP contribution in [-0.4, -0.2) is 74.8 Å². The minimum Gasteiger partial charge on any atom is -0.328 e. The highest BCUT2D eigenvalue weighted by Gasteiger charge is 2.14. The molecule has 0 heterocycles. The molecule has 0 saturated heterocycles. The Balaban J connectivity index is 3.28. The summed E-state index contributed by atoms with van der Waals surface area (Å²) in [6.45, 7) is 10.1. The van der Waals surface area contributed by atoms with E-state index in [0.29, 0.717) is 0 Å². The minimum absolute atomic E-state index is 1.24. The molecule has 0 aliphatic heterocycles. The lowest BCUT2D eigenvalue weighted by Gasteiger charge is -2.30. The topological polar surface area (TPSA) is 0 Å². The molecule has 0 radical (unpaired) electrons. The van der Waals surface area contributed by atoms with E-state index in [9.17, 15) is 0 Å². The van der Waals surface area contributed by atoms with Crippen molar-refractivity contribution in [1.29, 1.82) is 0 Å². The minimum atomic E-state index is 1.24. The smallest absolute Gasteiger partial charge is 0.0782 e. The van der Waals surface area contributed by atoms with Crippen molar-refractivity contribution in [1.82, 2.24) is 0 Å². The lowest BCUT2D eigenvalue weighted by Crippen LogP contribution is -2.41. The maximum Gasteiger partial charge on any atom is 0.0782 e. The van der Waals surface area contributed by atoms with Crippen LogP contribution in [0, 0.1) is 0 Å². The van der Waals surface area contributed by atoms with Crippen LogP contribution in [0.4, 0.5) is 0 Å². The molecule has 302 valence electrons. The summed E-state index contributed by atoms with van der Waals surface area (Å²) in [6.07, 6.45) is 49.2. The summed E-state index contributed by atoms with van der Waals surface area (Å²) in [5.74, 6) is 2.74. The van der Waals surface area contributed by atoms with E-state index in [-0.39, 0.29) is 0 Å². The van der Waals surface area contributed by atoms with Crippen molar-refractivity contribution in [2.45, 2.75) is 232 Å². The first-order valence-corrected chi connectivity index (χ1v) is 25.7. The van der Waals surface area contributed by atoms with Gasteiger partial charge < -0.3 is 8.97 Å². The zero-order chi connectivity index (χ0) is 36.7. The summed E-state index contributed by atoms with van der Waals surface area (Å²) in [6, 6.07) is 0. The van der Waals surface area contributed by atoms with Crippen molar-refractivity contribution in [2.75, 3.05) is 65.9 Å². The average Bonchev–Trinajstić information content (AvgIpc) is 3.09. The van der Waals surface area contributed by atoms with E-state index in [0.717, 1.165) is 0 Å². The van der Waals surface area contributed by atoms with Gasteiger partial charge in [-0.25, -0.2) is 0 Å². The van der Waals surface area contributed by atoms with Gasteiger partial charge in [0.05, 0.1) is 54.4 Å². The Morgan fingerprint density at radius 2 is 0.420 bits per heavy atom. The molecule has 50 heavy (non-hydrogen) atoms. The fourth-order valence-corrected chi connectivity index (χ4v) is 9.86. The molecule has 0 saturated carbocycles. The molecule has 0 spiro atoms. The van der Waals surface area contributed by atoms with Crippen molar-refractivity contribution in [2.24, 2.45) is 0 Å². The van der Waals surface area contributed by atoms with Gasteiger partial charge in [0.15, 0.2) is 0 Å². The van der Waals surface area contributed by atoms with Gasteiger partial charge in [-0.1, -0.05) is 190 Å². The monoisotopic (exact) mass is 743 g/mol. The zero-order valence-electron chi connectivity index (χ0n) is 36.0. The Morgan fingerprint density at radius 3 is 0.640 bits per heavy atom. The van der Waals surface area contributed by atoms with E-state index in [1.807, 2.05) is 0 Å². The number of hydrogen-bond acceptors (Lipinski definition) is 2. The number of unbranched alkanes of at least 4 members (excludes halogenated alkanes) is 30. The lowest BCUT2D eigenvalue weighted by molar-refractivity contribution is -0.890. The molecule has 0 amide bonds. The van der Waals surface area contributed by atoms with Gasteiger partial charge in [-0.15, -0.1) is 0 Å². The third-order valence-corrected chi connectivity index (χ3v) is 13.9. The quantitative estimate of drug-likeness (QED) is 0.0347. The highest BCUT2D eigenvalue weighted by atomic mass is 33.1. The molecule has 0 aromatic carbocycles. The van der Waals surface area contributed by atoms with Crippen LogP contribution in [0.25, 0.3) is 0 Å². The predicted octanol–water partition coefficient (Wildman–Crippen LogP) is 15.8. The van der Waals surface area contributed by atoms with Crippen LogP contribution in [0.2, 0.25) is 0 Å². The Bertz CT molecular complexity index is 584. The SMILES string of the molecule is CCCCCCCCCC[N+](C)(C)CCCCCCCCCCCSSCCCCCCCCCCC[N+](C)(C)CCCCCCCCCC. The lowest BCUT2D eigenvalue weighted by atomic mass is 10.1. The van der Waals surface area contributed by atoms with Crippen LogP contribution in [0.1, 0.15) is 232 Å². The second-order valence-electron chi connectivity index (χ2n) is 17.7. The van der Waals surface area contributed by atoms with Gasteiger partial charge in [-0.2, -0.15) is 0 Å². The number of rotatable bonds is 43. The van der Waals surface area contributed by atoms with Crippen LogP contribution >= 0.6 is 21.6 Å². The highest BCUT2D eigenvalue weighted by molar-refractivity contribution is 8.76. The third-order valence-electron chi connectivity index (χ3n) is 11.3. The molecule has 4 heteroatoms. The second kappa shape index (κ2) is 39.3. The Morgan fingerprint density at radius 1 is 0.240 bits per heavy atom. The van der Waals surface area contributed by atoms with Crippen LogP contribution in [0.5, 0.6) is 0 Å². The zero-order valence-corrected chi connectivity index (χ0v) is 37.6. The van der Waals surface area contributed by atoms with Crippen molar-refractivity contribution in [3.8, 4) is 0 Å². The van der Waals surface area contributed by atoms with E-state index in [1.54, 1.807) is 0 Å². The molecule has 0 atom stereocenters. The fraction of sp³-hybridized carbons (Fsp3) is 1.00. The van der Waals surface area contributed by atoms with E-state index in [2.05, 4.69) is 63.6 Å². The summed E-state index contributed by atoms with van der Waals surface area (Å²) in [5.41, 5.74) is 0. The first-order valence-electron chi connectivity index (χ1n) is 23.2. The second-order valence-corrected chi connectivity index (χ2v) is 20.4. The van der Waals surface area contributed by atoms with Gasteiger partial charge in [-0.3, -0.25) is 0 Å². The Kier molecular flexibility index (Phi) is 39.8. The molecule has 0 aromatic heterocycles. The van der Waals surface area contributed by atoms with Gasteiger partial charge in [0.25, 0.3) is 0 Å². The maximum atomic E-state index is 2.46. The van der Waals surface area contributed by atoms with Crippen molar-refractivity contribution in [3.63, 3.8) is 0 Å². The summed E-state index contributed by atoms with van der Waals surface area (Å²) in [4.78, 5) is 0. The van der Waals surface area contributed by atoms with Crippen LogP contribution in [0.15, 0.2) is 0 Å².